The zero-order valence-electron chi connectivity index (χ0n) is 12.0. The third kappa shape index (κ3) is 5.07. The van der Waals surface area contributed by atoms with Crippen molar-refractivity contribution in [3.8, 4) is 0 Å². The quantitative estimate of drug-likeness (QED) is 0.539. The minimum absolute atomic E-state index is 0.861. The minimum Gasteiger partial charge on any atom is -0.468 e. The highest BCUT2D eigenvalue weighted by molar-refractivity contribution is 5.17. The molecule has 0 fully saturated rings. The predicted octanol–water partition coefficient (Wildman–Crippen LogP) is 3.18. The van der Waals surface area contributed by atoms with Crippen molar-refractivity contribution < 1.29 is 4.42 Å². The second-order valence-electron chi connectivity index (χ2n) is 4.81. The van der Waals surface area contributed by atoms with E-state index < -0.39 is 0 Å². The number of nitrogens with zero attached hydrogens (tertiary/aromatic N) is 1. The molecular formula is C15H26N2O. The highest BCUT2D eigenvalue weighted by Crippen LogP contribution is 2.14. The van der Waals surface area contributed by atoms with Gasteiger partial charge < -0.3 is 9.73 Å². The van der Waals surface area contributed by atoms with Crippen LogP contribution in [0, 0.1) is 0 Å². The molecule has 0 bridgehead atoms. The van der Waals surface area contributed by atoms with E-state index in [9.17, 15) is 0 Å². The number of furan rings is 1. The van der Waals surface area contributed by atoms with Gasteiger partial charge in [0.15, 0.2) is 0 Å². The van der Waals surface area contributed by atoms with Crippen LogP contribution in [0.4, 0.5) is 0 Å². The molecule has 0 aromatic carbocycles. The maximum atomic E-state index is 5.60. The first-order valence-electron chi connectivity index (χ1n) is 6.80. The number of nitrogens with one attached hydrogen (secondary N) is 1. The average molecular weight is 250 g/mol. The van der Waals surface area contributed by atoms with Crippen molar-refractivity contribution in [1.29, 1.82) is 0 Å². The highest BCUT2D eigenvalue weighted by Gasteiger charge is 2.10. The average Bonchev–Trinajstić information content (AvgIpc) is 2.75. The van der Waals surface area contributed by atoms with Crippen LogP contribution < -0.4 is 5.32 Å². The molecule has 1 heterocycles. The van der Waals surface area contributed by atoms with E-state index in [1.165, 1.54) is 11.1 Å². The van der Waals surface area contributed by atoms with Gasteiger partial charge in [-0.05, 0) is 32.5 Å². The summed E-state index contributed by atoms with van der Waals surface area (Å²) in [5, 5.41) is 3.41. The molecule has 102 valence electrons. The van der Waals surface area contributed by atoms with Crippen LogP contribution in [-0.4, -0.2) is 24.5 Å². The Balaban J connectivity index is 2.54. The van der Waals surface area contributed by atoms with E-state index >= 15 is 0 Å². The van der Waals surface area contributed by atoms with Gasteiger partial charge in [-0.25, -0.2) is 0 Å². The van der Waals surface area contributed by atoms with Gasteiger partial charge in [-0.15, -0.1) is 0 Å². The van der Waals surface area contributed by atoms with Crippen LogP contribution in [0.1, 0.15) is 38.5 Å². The van der Waals surface area contributed by atoms with Gasteiger partial charge in [-0.2, -0.15) is 0 Å². The summed E-state index contributed by atoms with van der Waals surface area (Å²) >= 11 is 0. The molecule has 1 rings (SSSR count). The van der Waals surface area contributed by atoms with Crippen molar-refractivity contribution >= 4 is 0 Å². The van der Waals surface area contributed by atoms with Crippen molar-refractivity contribution in [3.05, 3.63) is 35.8 Å². The molecule has 0 aliphatic heterocycles. The van der Waals surface area contributed by atoms with E-state index in [0.29, 0.717) is 0 Å². The fourth-order valence-corrected chi connectivity index (χ4v) is 1.93. The van der Waals surface area contributed by atoms with Crippen molar-refractivity contribution in [1.82, 2.24) is 10.2 Å². The predicted molar refractivity (Wildman–Crippen MR) is 76.5 cm³/mol. The first-order valence-corrected chi connectivity index (χ1v) is 6.80. The zero-order chi connectivity index (χ0) is 13.4. The molecule has 3 heteroatoms. The molecule has 0 saturated heterocycles. The van der Waals surface area contributed by atoms with E-state index in [2.05, 4.69) is 43.6 Å². The van der Waals surface area contributed by atoms with E-state index in [4.69, 9.17) is 4.42 Å². The van der Waals surface area contributed by atoms with Crippen LogP contribution >= 0.6 is 0 Å². The Labute approximate surface area is 111 Å². The Kier molecular flexibility index (Phi) is 6.76. The largest absolute Gasteiger partial charge is 0.468 e. The maximum Gasteiger partial charge on any atom is 0.122 e. The van der Waals surface area contributed by atoms with Crippen LogP contribution in [0.25, 0.3) is 0 Å². The van der Waals surface area contributed by atoms with Gasteiger partial charge in [0, 0.05) is 18.7 Å². The topological polar surface area (TPSA) is 28.4 Å². The van der Waals surface area contributed by atoms with Gasteiger partial charge in [-0.3, -0.25) is 4.90 Å². The third-order valence-electron chi connectivity index (χ3n) is 2.89. The minimum atomic E-state index is 0.861. The smallest absolute Gasteiger partial charge is 0.122 e. The van der Waals surface area contributed by atoms with Gasteiger partial charge >= 0.3 is 0 Å². The third-order valence-corrected chi connectivity index (χ3v) is 2.89. The number of hydrogen-bond donors (Lipinski definition) is 1. The van der Waals surface area contributed by atoms with Crippen LogP contribution in [0.15, 0.2) is 28.9 Å². The van der Waals surface area contributed by atoms with Crippen molar-refractivity contribution in [2.24, 2.45) is 0 Å². The van der Waals surface area contributed by atoms with E-state index in [0.717, 1.165) is 44.9 Å². The van der Waals surface area contributed by atoms with Crippen molar-refractivity contribution in [3.63, 3.8) is 0 Å². The molecule has 0 amide bonds. The Hall–Kier alpha value is -1.06. The van der Waals surface area contributed by atoms with E-state index in [1.54, 1.807) is 6.26 Å². The number of rotatable bonds is 9. The summed E-state index contributed by atoms with van der Waals surface area (Å²) < 4.78 is 5.60. The summed E-state index contributed by atoms with van der Waals surface area (Å²) in [5.74, 6) is 1.07. The van der Waals surface area contributed by atoms with Crippen molar-refractivity contribution in [2.45, 2.75) is 40.3 Å². The van der Waals surface area contributed by atoms with Gasteiger partial charge in [0.1, 0.15) is 5.76 Å². The zero-order valence-corrected chi connectivity index (χ0v) is 12.0. The lowest BCUT2D eigenvalue weighted by Gasteiger charge is -2.19. The van der Waals surface area contributed by atoms with E-state index in [1.807, 2.05) is 0 Å². The molecule has 1 aromatic rings. The first kappa shape index (κ1) is 15.0. The number of hydrogen-bond acceptors (Lipinski definition) is 3. The molecular weight excluding hydrogens is 224 g/mol. The Morgan fingerprint density at radius 2 is 2.22 bits per heavy atom. The summed E-state index contributed by atoms with van der Waals surface area (Å²) in [6.45, 7) is 15.1. The normalized spacial score (nSPS) is 11.1. The molecule has 1 N–H and O–H groups in total. The summed E-state index contributed by atoms with van der Waals surface area (Å²) in [5.41, 5.74) is 2.46. The first-order chi connectivity index (χ1) is 8.67. The highest BCUT2D eigenvalue weighted by atomic mass is 16.3. The molecule has 0 atom stereocenters. The summed E-state index contributed by atoms with van der Waals surface area (Å²) in [6.07, 6.45) is 2.94. The monoisotopic (exact) mass is 250 g/mol. The SMILES string of the molecule is C=C(C)CN(CC)Cc1occc1CNCCC. The Bertz CT molecular complexity index is 357. The molecule has 1 aromatic heterocycles. The van der Waals surface area contributed by atoms with Gasteiger partial charge in [0.05, 0.1) is 12.8 Å². The Morgan fingerprint density at radius 1 is 1.44 bits per heavy atom. The molecule has 0 aliphatic rings. The lowest BCUT2D eigenvalue weighted by atomic mass is 10.2. The lowest BCUT2D eigenvalue weighted by Crippen LogP contribution is -2.25. The van der Waals surface area contributed by atoms with Crippen LogP contribution in [0.2, 0.25) is 0 Å². The van der Waals surface area contributed by atoms with Crippen LogP contribution in [0.3, 0.4) is 0 Å². The Morgan fingerprint density at radius 3 is 2.83 bits per heavy atom. The fourth-order valence-electron chi connectivity index (χ4n) is 1.93. The lowest BCUT2D eigenvalue weighted by molar-refractivity contribution is 0.274. The molecule has 0 aliphatic carbocycles. The summed E-state index contributed by atoms with van der Waals surface area (Å²) in [7, 11) is 0. The molecule has 0 unspecified atom stereocenters. The second kappa shape index (κ2) is 8.11. The van der Waals surface area contributed by atoms with Gasteiger partial charge in [0.2, 0.25) is 0 Å². The number of likely N-dealkylation sites (N-methyl/N-ethyl adjacent to an activating group) is 1. The maximum absolute atomic E-state index is 5.60. The molecule has 0 saturated carbocycles. The van der Waals surface area contributed by atoms with Crippen molar-refractivity contribution in [2.75, 3.05) is 19.6 Å². The second-order valence-corrected chi connectivity index (χ2v) is 4.81. The van der Waals surface area contributed by atoms with Crippen LogP contribution in [0.5, 0.6) is 0 Å². The fraction of sp³-hybridized carbons (Fsp3) is 0.600. The molecule has 3 nitrogen and oxygen atoms in total. The van der Waals surface area contributed by atoms with E-state index in [-0.39, 0.29) is 0 Å². The molecule has 18 heavy (non-hydrogen) atoms. The molecule has 0 spiro atoms. The van der Waals surface area contributed by atoms with Gasteiger partial charge in [-0.1, -0.05) is 26.0 Å². The molecule has 0 radical (unpaired) electrons. The standard InChI is InChI=1S/C15H26N2O/c1-5-8-16-10-14-7-9-18-15(14)12-17(6-2)11-13(3)4/h7,9,16H,3,5-6,8,10-12H2,1-2,4H3. The summed E-state index contributed by atoms with van der Waals surface area (Å²) in [4.78, 5) is 2.34. The van der Waals surface area contributed by atoms with Gasteiger partial charge in [0.25, 0.3) is 0 Å². The van der Waals surface area contributed by atoms with Crippen LogP contribution in [-0.2, 0) is 13.1 Å². The summed E-state index contributed by atoms with van der Waals surface area (Å²) in [6, 6.07) is 2.06.